The molecule has 1 aromatic heterocycles. The van der Waals surface area contributed by atoms with E-state index < -0.39 is 0 Å². The van der Waals surface area contributed by atoms with E-state index >= 15 is 0 Å². The smallest absolute Gasteiger partial charge is 0.0300 e. The molecule has 1 saturated carbocycles. The van der Waals surface area contributed by atoms with E-state index in [-0.39, 0.29) is 0 Å². The van der Waals surface area contributed by atoms with Gasteiger partial charge in [0, 0.05) is 30.1 Å². The van der Waals surface area contributed by atoms with Gasteiger partial charge in [-0.1, -0.05) is 13.0 Å². The van der Waals surface area contributed by atoms with Crippen molar-refractivity contribution in [2.24, 2.45) is 0 Å². The fourth-order valence-electron chi connectivity index (χ4n) is 2.36. The van der Waals surface area contributed by atoms with E-state index in [1.54, 1.807) is 0 Å². The summed E-state index contributed by atoms with van der Waals surface area (Å²) in [5, 5.41) is 5.72. The number of thiophene rings is 1. The molecule has 0 bridgehead atoms. The van der Waals surface area contributed by atoms with E-state index in [9.17, 15) is 0 Å². The van der Waals surface area contributed by atoms with Crippen LogP contribution in [0.2, 0.25) is 0 Å². The van der Waals surface area contributed by atoms with Crippen molar-refractivity contribution < 1.29 is 0 Å². The minimum atomic E-state index is 0.669. The van der Waals surface area contributed by atoms with Crippen LogP contribution >= 0.6 is 11.3 Å². The molecule has 0 saturated heterocycles. The van der Waals surface area contributed by atoms with E-state index in [0.29, 0.717) is 6.04 Å². The number of hydrogen-bond acceptors (Lipinski definition) is 3. The molecule has 1 aliphatic rings. The Morgan fingerprint density at radius 1 is 1.53 bits per heavy atom. The highest BCUT2D eigenvalue weighted by atomic mass is 32.1. The first-order chi connectivity index (χ1) is 8.31. The summed E-state index contributed by atoms with van der Waals surface area (Å²) in [7, 11) is 0. The molecule has 0 radical (unpaired) electrons. The van der Waals surface area contributed by atoms with Gasteiger partial charge in [-0.25, -0.2) is 0 Å². The van der Waals surface area contributed by atoms with Gasteiger partial charge in [-0.15, -0.1) is 11.3 Å². The molecular formula is C14H24N2S. The van der Waals surface area contributed by atoms with Crippen LogP contribution in [0.1, 0.15) is 38.0 Å². The van der Waals surface area contributed by atoms with Gasteiger partial charge in [0.05, 0.1) is 0 Å². The second-order valence-electron chi connectivity index (χ2n) is 5.03. The zero-order chi connectivity index (χ0) is 12.1. The second kappa shape index (κ2) is 6.53. The number of nitrogens with one attached hydrogen (secondary N) is 1. The molecular weight excluding hydrogens is 228 g/mol. The molecule has 1 aromatic rings. The van der Waals surface area contributed by atoms with Crippen LogP contribution in [-0.4, -0.2) is 30.1 Å². The first-order valence-corrected chi connectivity index (χ1v) is 7.68. The van der Waals surface area contributed by atoms with Gasteiger partial charge >= 0.3 is 0 Å². The van der Waals surface area contributed by atoms with Gasteiger partial charge in [0.1, 0.15) is 0 Å². The van der Waals surface area contributed by atoms with Crippen molar-refractivity contribution in [3.8, 4) is 0 Å². The second-order valence-corrected chi connectivity index (χ2v) is 6.06. The summed E-state index contributed by atoms with van der Waals surface area (Å²) in [6.07, 6.45) is 4.09. The molecule has 0 aliphatic heterocycles. The molecule has 1 fully saturated rings. The Morgan fingerprint density at radius 3 is 2.94 bits per heavy atom. The molecule has 1 aliphatic carbocycles. The average Bonchev–Trinajstić information content (AvgIpc) is 3.03. The van der Waals surface area contributed by atoms with Crippen molar-refractivity contribution in [3.05, 3.63) is 22.4 Å². The summed E-state index contributed by atoms with van der Waals surface area (Å²) in [4.78, 5) is 4.12. The highest BCUT2D eigenvalue weighted by molar-refractivity contribution is 7.09. The largest absolute Gasteiger partial charge is 0.310 e. The average molecular weight is 252 g/mol. The molecule has 0 spiro atoms. The molecule has 2 rings (SSSR count). The van der Waals surface area contributed by atoms with Gasteiger partial charge in [-0.05, 0) is 44.2 Å². The minimum absolute atomic E-state index is 0.669. The Balaban J connectivity index is 1.69. The third-order valence-corrected chi connectivity index (χ3v) is 4.26. The maximum atomic E-state index is 3.58. The van der Waals surface area contributed by atoms with Crippen molar-refractivity contribution in [1.82, 2.24) is 10.2 Å². The van der Waals surface area contributed by atoms with Crippen LogP contribution in [-0.2, 0) is 6.54 Å². The van der Waals surface area contributed by atoms with E-state index in [4.69, 9.17) is 0 Å². The third kappa shape index (κ3) is 4.09. The predicted molar refractivity (Wildman–Crippen MR) is 75.5 cm³/mol. The van der Waals surface area contributed by atoms with Gasteiger partial charge in [-0.3, -0.25) is 4.90 Å². The van der Waals surface area contributed by atoms with Crippen LogP contribution < -0.4 is 5.32 Å². The van der Waals surface area contributed by atoms with Gasteiger partial charge in [0.15, 0.2) is 0 Å². The number of nitrogens with zero attached hydrogens (tertiary/aromatic N) is 1. The van der Waals surface area contributed by atoms with Crippen LogP contribution in [0.4, 0.5) is 0 Å². The Hall–Kier alpha value is -0.380. The van der Waals surface area contributed by atoms with Crippen LogP contribution in [0.3, 0.4) is 0 Å². The number of rotatable bonds is 8. The Kier molecular flexibility index (Phi) is 5.01. The highest BCUT2D eigenvalue weighted by Crippen LogP contribution is 2.28. The Bertz CT molecular complexity index is 306. The highest BCUT2D eigenvalue weighted by Gasteiger charge is 2.31. The van der Waals surface area contributed by atoms with Crippen molar-refractivity contribution in [1.29, 1.82) is 0 Å². The third-order valence-electron chi connectivity index (χ3n) is 3.38. The summed E-state index contributed by atoms with van der Waals surface area (Å²) in [5.41, 5.74) is 0. The molecule has 1 atom stereocenters. The normalized spacial score (nSPS) is 17.6. The fraction of sp³-hybridized carbons (Fsp3) is 0.714. The number of hydrogen-bond donors (Lipinski definition) is 1. The summed E-state index contributed by atoms with van der Waals surface area (Å²) in [5.74, 6) is 0. The van der Waals surface area contributed by atoms with Gasteiger partial charge in [0.2, 0.25) is 0 Å². The van der Waals surface area contributed by atoms with E-state index in [2.05, 4.69) is 41.6 Å². The molecule has 0 aromatic carbocycles. The van der Waals surface area contributed by atoms with Gasteiger partial charge in [-0.2, -0.15) is 0 Å². The predicted octanol–water partition coefficient (Wildman–Crippen LogP) is 3.10. The lowest BCUT2D eigenvalue weighted by Gasteiger charge is -2.29. The Labute approximate surface area is 109 Å². The summed E-state index contributed by atoms with van der Waals surface area (Å²) < 4.78 is 0. The molecule has 3 heteroatoms. The van der Waals surface area contributed by atoms with Crippen molar-refractivity contribution in [2.75, 3.05) is 13.1 Å². The van der Waals surface area contributed by atoms with E-state index in [1.807, 2.05) is 11.3 Å². The molecule has 0 amide bonds. The molecule has 1 unspecified atom stereocenters. The lowest BCUT2D eigenvalue weighted by molar-refractivity contribution is 0.194. The quantitative estimate of drug-likeness (QED) is 0.765. The summed E-state index contributed by atoms with van der Waals surface area (Å²) in [6.45, 7) is 8.02. The van der Waals surface area contributed by atoms with Crippen LogP contribution in [0.5, 0.6) is 0 Å². The zero-order valence-corrected chi connectivity index (χ0v) is 11.8. The van der Waals surface area contributed by atoms with Crippen molar-refractivity contribution in [3.63, 3.8) is 0 Å². The standard InChI is InChI=1S/C14H24N2S/c1-3-8-16(13-6-7-13)12(2)10-15-11-14-5-4-9-17-14/h4-5,9,12-13,15H,3,6-8,10-11H2,1-2H3. The van der Waals surface area contributed by atoms with Crippen LogP contribution in [0.25, 0.3) is 0 Å². The monoisotopic (exact) mass is 252 g/mol. The maximum absolute atomic E-state index is 3.58. The topological polar surface area (TPSA) is 15.3 Å². The van der Waals surface area contributed by atoms with E-state index in [1.165, 1.54) is 30.7 Å². The molecule has 1 N–H and O–H groups in total. The minimum Gasteiger partial charge on any atom is -0.310 e. The van der Waals surface area contributed by atoms with Crippen molar-refractivity contribution in [2.45, 2.75) is 51.7 Å². The van der Waals surface area contributed by atoms with Crippen LogP contribution in [0.15, 0.2) is 17.5 Å². The maximum Gasteiger partial charge on any atom is 0.0300 e. The molecule has 17 heavy (non-hydrogen) atoms. The van der Waals surface area contributed by atoms with Crippen LogP contribution in [0, 0.1) is 0 Å². The van der Waals surface area contributed by atoms with Gasteiger partial charge in [0.25, 0.3) is 0 Å². The Morgan fingerprint density at radius 2 is 2.35 bits per heavy atom. The summed E-state index contributed by atoms with van der Waals surface area (Å²) in [6, 6.07) is 5.88. The first kappa shape index (κ1) is 13.1. The van der Waals surface area contributed by atoms with E-state index in [0.717, 1.165) is 19.1 Å². The molecule has 96 valence electrons. The summed E-state index contributed by atoms with van der Waals surface area (Å²) >= 11 is 1.84. The SMILES string of the molecule is CCCN(C(C)CNCc1cccs1)C1CC1. The zero-order valence-electron chi connectivity index (χ0n) is 11.0. The molecule has 1 heterocycles. The van der Waals surface area contributed by atoms with Crippen molar-refractivity contribution >= 4 is 11.3 Å². The fourth-order valence-corrected chi connectivity index (χ4v) is 3.04. The molecule has 2 nitrogen and oxygen atoms in total. The first-order valence-electron chi connectivity index (χ1n) is 6.80. The lowest BCUT2D eigenvalue weighted by atomic mass is 10.2. The van der Waals surface area contributed by atoms with Gasteiger partial charge < -0.3 is 5.32 Å². The lowest BCUT2D eigenvalue weighted by Crippen LogP contribution is -2.42.